The molecule has 3 amide bonds. The summed E-state index contributed by atoms with van der Waals surface area (Å²) in [5, 5.41) is 3.02. The molecule has 7 nitrogen and oxygen atoms in total. The predicted molar refractivity (Wildman–Crippen MR) is 99.8 cm³/mol. The molecule has 1 N–H and O–H groups in total. The van der Waals surface area contributed by atoms with Gasteiger partial charge in [0.2, 0.25) is 5.96 Å². The topological polar surface area (TPSA) is 74.2 Å². The van der Waals surface area contributed by atoms with Gasteiger partial charge in [-0.25, -0.2) is 9.59 Å². The highest BCUT2D eigenvalue weighted by atomic mass is 16.5. The maximum atomic E-state index is 12.4. The van der Waals surface area contributed by atoms with Crippen molar-refractivity contribution in [3.63, 3.8) is 0 Å². The van der Waals surface area contributed by atoms with Gasteiger partial charge in [0.1, 0.15) is 0 Å². The van der Waals surface area contributed by atoms with Crippen LogP contribution in [0.5, 0.6) is 0 Å². The van der Waals surface area contributed by atoms with Crippen molar-refractivity contribution in [1.29, 1.82) is 0 Å². The van der Waals surface area contributed by atoms with E-state index in [9.17, 15) is 9.59 Å². The second kappa shape index (κ2) is 11.7. The average Bonchev–Trinajstić information content (AvgIpc) is 2.59. The van der Waals surface area contributed by atoms with Crippen LogP contribution in [0.25, 0.3) is 0 Å². The van der Waals surface area contributed by atoms with Crippen LogP contribution in [0.15, 0.2) is 4.99 Å². The Balaban J connectivity index is 2.54. The van der Waals surface area contributed by atoms with Gasteiger partial charge in [0.05, 0.1) is 6.61 Å². The number of unbranched alkanes of at least 4 members (excludes halogenated alkanes) is 3. The number of nitrogens with one attached hydrogen (secondary N) is 1. The fraction of sp³-hybridized carbons (Fsp3) is 0.833. The molecule has 1 aliphatic rings. The molecule has 0 atom stereocenters. The lowest BCUT2D eigenvalue weighted by atomic mass is 9.96. The molecule has 0 bridgehead atoms. The maximum Gasteiger partial charge on any atom is 0.436 e. The van der Waals surface area contributed by atoms with Crippen LogP contribution < -0.4 is 5.32 Å². The van der Waals surface area contributed by atoms with Gasteiger partial charge >= 0.3 is 12.1 Å². The third-order valence-electron chi connectivity index (χ3n) is 4.35. The van der Waals surface area contributed by atoms with Gasteiger partial charge in [-0.1, -0.05) is 45.4 Å². The monoisotopic (exact) mass is 354 g/mol. The van der Waals surface area contributed by atoms with E-state index >= 15 is 0 Å². The van der Waals surface area contributed by atoms with E-state index in [0.29, 0.717) is 6.61 Å². The van der Waals surface area contributed by atoms with Crippen molar-refractivity contribution in [1.82, 2.24) is 15.1 Å². The van der Waals surface area contributed by atoms with Crippen molar-refractivity contribution in [3.05, 3.63) is 0 Å². The van der Waals surface area contributed by atoms with Gasteiger partial charge in [-0.2, -0.15) is 0 Å². The molecule has 0 saturated heterocycles. The molecule has 1 saturated carbocycles. The van der Waals surface area contributed by atoms with E-state index in [1.165, 1.54) is 11.3 Å². The first-order valence-electron chi connectivity index (χ1n) is 9.42. The molecule has 0 heterocycles. The van der Waals surface area contributed by atoms with E-state index in [1.807, 2.05) is 0 Å². The van der Waals surface area contributed by atoms with Gasteiger partial charge in [0.15, 0.2) is 0 Å². The normalized spacial score (nSPS) is 15.6. The van der Waals surface area contributed by atoms with Crippen LogP contribution in [0.1, 0.15) is 64.7 Å². The molecule has 25 heavy (non-hydrogen) atoms. The first-order valence-corrected chi connectivity index (χ1v) is 9.42. The first kappa shape index (κ1) is 21.3. The zero-order chi connectivity index (χ0) is 18.7. The number of guanidine groups is 1. The highest BCUT2D eigenvalue weighted by molar-refractivity contribution is 5.99. The lowest BCUT2D eigenvalue weighted by Gasteiger charge is -2.28. The number of hydrogen-bond donors (Lipinski definition) is 1. The largest absolute Gasteiger partial charge is 0.448 e. The van der Waals surface area contributed by atoms with Crippen LogP contribution >= 0.6 is 0 Å². The van der Waals surface area contributed by atoms with Gasteiger partial charge < -0.3 is 15.0 Å². The summed E-state index contributed by atoms with van der Waals surface area (Å²) >= 11 is 0. The number of rotatable bonds is 6. The number of carbonyl (C=O) groups excluding carboxylic acids is 2. The molecule has 7 heteroatoms. The summed E-state index contributed by atoms with van der Waals surface area (Å²) < 4.78 is 5.14. The fourth-order valence-electron chi connectivity index (χ4n) is 2.89. The summed E-state index contributed by atoms with van der Waals surface area (Å²) in [5.41, 5.74) is 0. The molecule has 144 valence electrons. The Morgan fingerprint density at radius 2 is 1.76 bits per heavy atom. The van der Waals surface area contributed by atoms with Gasteiger partial charge in [0, 0.05) is 27.2 Å². The average molecular weight is 354 g/mol. The molecular formula is C18H34N4O3. The number of carbonyl (C=O) groups is 2. The van der Waals surface area contributed by atoms with Crippen molar-refractivity contribution in [3.8, 4) is 0 Å². The van der Waals surface area contributed by atoms with Crippen molar-refractivity contribution in [2.75, 3.05) is 27.7 Å². The van der Waals surface area contributed by atoms with Crippen LogP contribution in [0.3, 0.4) is 0 Å². The first-order chi connectivity index (χ1) is 12.0. The van der Waals surface area contributed by atoms with E-state index < -0.39 is 6.09 Å². The molecule has 1 fully saturated rings. The SMILES string of the molecule is CCCCCCOC(=O)N=C(N(C)C)N(C)C(=O)NC1CCCCC1. The van der Waals surface area contributed by atoms with Crippen molar-refractivity contribution >= 4 is 18.1 Å². The van der Waals surface area contributed by atoms with Crippen LogP contribution in [0.4, 0.5) is 9.59 Å². The Morgan fingerprint density at radius 1 is 1.08 bits per heavy atom. The summed E-state index contributed by atoms with van der Waals surface area (Å²) in [7, 11) is 5.11. The van der Waals surface area contributed by atoms with Gasteiger partial charge in [-0.05, 0) is 19.3 Å². The minimum atomic E-state index is -0.655. The summed E-state index contributed by atoms with van der Waals surface area (Å²) in [4.78, 5) is 31.3. The molecule has 0 aromatic carbocycles. The fourth-order valence-corrected chi connectivity index (χ4v) is 2.89. The second-order valence-corrected chi connectivity index (χ2v) is 6.82. The number of aliphatic imine (C=N–C) groups is 1. The van der Waals surface area contributed by atoms with Gasteiger partial charge in [-0.3, -0.25) is 4.90 Å². The second-order valence-electron chi connectivity index (χ2n) is 6.82. The zero-order valence-electron chi connectivity index (χ0n) is 16.2. The number of hydrogen-bond acceptors (Lipinski definition) is 3. The highest BCUT2D eigenvalue weighted by Gasteiger charge is 2.22. The van der Waals surface area contributed by atoms with E-state index in [2.05, 4.69) is 17.2 Å². The molecule has 0 aromatic rings. The van der Waals surface area contributed by atoms with Crippen LogP contribution in [0.2, 0.25) is 0 Å². The number of amides is 3. The summed E-state index contributed by atoms with van der Waals surface area (Å²) in [6.07, 6.45) is 9.03. The van der Waals surface area contributed by atoms with Gasteiger partial charge in [0.25, 0.3) is 0 Å². The summed E-state index contributed by atoms with van der Waals surface area (Å²) in [6, 6.07) is -0.0345. The van der Waals surface area contributed by atoms with Gasteiger partial charge in [-0.15, -0.1) is 4.99 Å². The van der Waals surface area contributed by atoms with E-state index in [4.69, 9.17) is 4.74 Å². The molecule has 0 spiro atoms. The van der Waals surface area contributed by atoms with Crippen molar-refractivity contribution < 1.29 is 14.3 Å². The number of nitrogens with zero attached hydrogens (tertiary/aromatic N) is 3. The zero-order valence-corrected chi connectivity index (χ0v) is 16.2. The third kappa shape index (κ3) is 8.23. The standard InChI is InChI=1S/C18H34N4O3/c1-5-6-7-11-14-25-18(24)20-16(21(2)3)22(4)17(23)19-15-12-9-8-10-13-15/h15H,5-14H2,1-4H3,(H,19,23). The molecule has 0 unspecified atom stereocenters. The Morgan fingerprint density at radius 3 is 2.36 bits per heavy atom. The molecule has 0 aliphatic heterocycles. The minimum Gasteiger partial charge on any atom is -0.448 e. The van der Waals surface area contributed by atoms with E-state index in [1.54, 1.807) is 26.0 Å². The van der Waals surface area contributed by atoms with Crippen molar-refractivity contribution in [2.24, 2.45) is 4.99 Å². The molecular weight excluding hydrogens is 320 g/mol. The quantitative estimate of drug-likeness (QED) is 0.449. The van der Waals surface area contributed by atoms with Crippen LogP contribution in [0, 0.1) is 0 Å². The Bertz CT molecular complexity index is 446. The number of ether oxygens (including phenoxy) is 1. The molecule has 0 aromatic heterocycles. The molecule has 1 rings (SSSR count). The number of urea groups is 1. The van der Waals surface area contributed by atoms with Crippen LogP contribution in [-0.4, -0.2) is 61.7 Å². The Kier molecular flexibility index (Phi) is 9.96. The molecule has 0 radical (unpaired) electrons. The summed E-state index contributed by atoms with van der Waals surface area (Å²) in [6.45, 7) is 2.49. The lowest BCUT2D eigenvalue weighted by Crippen LogP contribution is -2.50. The maximum absolute atomic E-state index is 12.4. The minimum absolute atomic E-state index is 0.206. The summed E-state index contributed by atoms with van der Waals surface area (Å²) in [5.74, 6) is 0.270. The Labute approximate surface area is 151 Å². The van der Waals surface area contributed by atoms with Crippen LogP contribution in [-0.2, 0) is 4.74 Å². The van der Waals surface area contributed by atoms with Crippen molar-refractivity contribution in [2.45, 2.75) is 70.8 Å². The van der Waals surface area contributed by atoms with E-state index in [-0.39, 0.29) is 18.0 Å². The predicted octanol–water partition coefficient (Wildman–Crippen LogP) is 3.60. The third-order valence-corrected chi connectivity index (χ3v) is 4.35. The lowest BCUT2D eigenvalue weighted by molar-refractivity contribution is 0.154. The molecule has 1 aliphatic carbocycles. The Hall–Kier alpha value is -1.79. The smallest absolute Gasteiger partial charge is 0.436 e. The van der Waals surface area contributed by atoms with E-state index in [0.717, 1.165) is 51.4 Å². The highest BCUT2D eigenvalue weighted by Crippen LogP contribution is 2.17.